The van der Waals surface area contributed by atoms with Crippen molar-refractivity contribution in [2.45, 2.75) is 0 Å². The van der Waals surface area contributed by atoms with Gasteiger partial charge >= 0.3 is 123 Å². The standard InChI is InChI=1S/C12H22FN6OP/c1-16(2)21(13,17(3)4,18(5)6)20-19-12-10-8-7-9-11(12)14-15-19/h7-10H,1-6H3. The van der Waals surface area contributed by atoms with Crippen molar-refractivity contribution in [1.82, 2.24) is 29.2 Å². The van der Waals surface area contributed by atoms with E-state index in [0.29, 0.717) is 11.0 Å². The van der Waals surface area contributed by atoms with E-state index in [1.165, 1.54) is 14.0 Å². The van der Waals surface area contributed by atoms with Crippen molar-refractivity contribution in [1.29, 1.82) is 0 Å². The van der Waals surface area contributed by atoms with Crippen LogP contribution < -0.4 is 4.62 Å². The number of para-hydroxylation sites is 1. The first-order valence-corrected chi connectivity index (χ1v) is 8.40. The maximum atomic E-state index is 16.2. The SMILES string of the molecule is CN(C)P(F)(On1nnc2ccccc21)(N(C)C)N(C)C. The summed E-state index contributed by atoms with van der Waals surface area (Å²) < 4.78 is 26.4. The average Bonchev–Trinajstić information content (AvgIpc) is 2.81. The first-order valence-electron chi connectivity index (χ1n) is 6.49. The van der Waals surface area contributed by atoms with Crippen LogP contribution in [0.2, 0.25) is 0 Å². The van der Waals surface area contributed by atoms with Gasteiger partial charge in [0.05, 0.1) is 0 Å². The monoisotopic (exact) mass is 316 g/mol. The summed E-state index contributed by atoms with van der Waals surface area (Å²) in [6.45, 7) is 0. The number of rotatable bonds is 5. The minimum atomic E-state index is -4.48. The number of fused-ring (bicyclic) bond motifs is 1. The van der Waals surface area contributed by atoms with Crippen LogP contribution in [0.5, 0.6) is 0 Å². The molecule has 0 bridgehead atoms. The first kappa shape index (κ1) is 16.0. The van der Waals surface area contributed by atoms with E-state index in [0.717, 1.165) is 4.85 Å². The molecule has 2 aromatic rings. The summed E-state index contributed by atoms with van der Waals surface area (Å²) in [5.74, 6) is 0. The van der Waals surface area contributed by atoms with Gasteiger partial charge in [-0.1, -0.05) is 0 Å². The zero-order valence-corrected chi connectivity index (χ0v) is 14.1. The van der Waals surface area contributed by atoms with E-state index >= 15 is 4.20 Å². The van der Waals surface area contributed by atoms with Crippen LogP contribution in [0.1, 0.15) is 0 Å². The molecule has 21 heavy (non-hydrogen) atoms. The van der Waals surface area contributed by atoms with Crippen LogP contribution >= 0.6 is 7.59 Å². The van der Waals surface area contributed by atoms with E-state index in [2.05, 4.69) is 10.3 Å². The molecule has 0 N–H and O–H groups in total. The number of nitrogens with zero attached hydrogens (tertiary/aromatic N) is 6. The number of aromatic nitrogens is 3. The van der Waals surface area contributed by atoms with Crippen molar-refractivity contribution in [3.05, 3.63) is 24.3 Å². The van der Waals surface area contributed by atoms with Gasteiger partial charge in [-0.25, -0.2) is 0 Å². The Morgan fingerprint density at radius 3 is 2.05 bits per heavy atom. The molecule has 118 valence electrons. The van der Waals surface area contributed by atoms with Gasteiger partial charge in [-0.3, -0.25) is 0 Å². The molecule has 0 amide bonds. The average molecular weight is 316 g/mol. The first-order chi connectivity index (χ1) is 9.71. The van der Waals surface area contributed by atoms with Gasteiger partial charge in [-0.15, -0.1) is 0 Å². The van der Waals surface area contributed by atoms with Crippen molar-refractivity contribution >= 4 is 18.6 Å². The van der Waals surface area contributed by atoms with Crippen molar-refractivity contribution in [2.24, 2.45) is 0 Å². The fourth-order valence-electron chi connectivity index (χ4n) is 2.33. The molecule has 1 aromatic carbocycles. The summed E-state index contributed by atoms with van der Waals surface area (Å²) in [4.78, 5) is 1.16. The second kappa shape index (κ2) is 5.14. The molecule has 0 atom stereocenters. The van der Waals surface area contributed by atoms with Crippen LogP contribution in [-0.2, 0) is 0 Å². The van der Waals surface area contributed by atoms with Crippen molar-refractivity contribution in [2.75, 3.05) is 42.3 Å². The summed E-state index contributed by atoms with van der Waals surface area (Å²) in [6, 6.07) is 7.27. The van der Waals surface area contributed by atoms with Gasteiger partial charge in [-0.05, 0) is 0 Å². The Morgan fingerprint density at radius 1 is 1.00 bits per heavy atom. The molecule has 0 aliphatic rings. The number of hydrogen-bond acceptors (Lipinski definition) is 6. The molecule has 2 rings (SSSR count). The fraction of sp³-hybridized carbons (Fsp3) is 0.500. The van der Waals surface area contributed by atoms with Crippen LogP contribution in [0.4, 0.5) is 4.20 Å². The molecule has 0 spiro atoms. The molecule has 0 unspecified atom stereocenters. The topological polar surface area (TPSA) is 49.7 Å². The van der Waals surface area contributed by atoms with Gasteiger partial charge in [0.1, 0.15) is 0 Å². The molecule has 0 aliphatic heterocycles. The van der Waals surface area contributed by atoms with E-state index in [4.69, 9.17) is 4.62 Å². The third-order valence-corrected chi connectivity index (χ3v) is 8.03. The zero-order valence-electron chi connectivity index (χ0n) is 13.2. The van der Waals surface area contributed by atoms with E-state index in [1.807, 2.05) is 12.1 Å². The summed E-state index contributed by atoms with van der Waals surface area (Å²) in [5.41, 5.74) is 1.27. The van der Waals surface area contributed by atoms with Crippen LogP contribution in [-0.4, -0.2) is 71.5 Å². The Hall–Kier alpha value is -1.34. The third kappa shape index (κ3) is 2.19. The number of halogens is 1. The quantitative estimate of drug-likeness (QED) is 0.782. The van der Waals surface area contributed by atoms with Crippen molar-refractivity contribution in [3.63, 3.8) is 0 Å². The molecule has 0 aliphatic carbocycles. The molecular weight excluding hydrogens is 294 g/mol. The Balaban J connectivity index is 2.59. The Morgan fingerprint density at radius 2 is 1.52 bits per heavy atom. The fourth-order valence-corrected chi connectivity index (χ4v) is 5.30. The van der Waals surface area contributed by atoms with Gasteiger partial charge in [-0.2, -0.15) is 0 Å². The minimum absolute atomic E-state index is 0.620. The number of hydrogen-bond donors (Lipinski definition) is 0. The third-order valence-electron chi connectivity index (χ3n) is 3.56. The summed E-state index contributed by atoms with van der Waals surface area (Å²) in [5, 5.41) is 7.93. The second-order valence-electron chi connectivity index (χ2n) is 5.38. The Labute approximate surface area is 124 Å². The van der Waals surface area contributed by atoms with Gasteiger partial charge in [0, 0.05) is 0 Å². The van der Waals surface area contributed by atoms with Crippen molar-refractivity contribution in [3.8, 4) is 0 Å². The molecule has 7 nitrogen and oxygen atoms in total. The number of benzene rings is 1. The predicted octanol–water partition coefficient (Wildman–Crippen LogP) is 1.64. The maximum absolute atomic E-state index is 16.2. The Kier molecular flexibility index (Phi) is 3.92. The van der Waals surface area contributed by atoms with Gasteiger partial charge in [0.2, 0.25) is 0 Å². The molecule has 0 saturated carbocycles. The molecule has 0 fully saturated rings. The van der Waals surface area contributed by atoms with Gasteiger partial charge < -0.3 is 0 Å². The van der Waals surface area contributed by atoms with Crippen LogP contribution in [0.3, 0.4) is 0 Å². The molecule has 1 heterocycles. The molecule has 9 heteroatoms. The Bertz CT molecular complexity index is 619. The molecular formula is C12H22FN6OP. The van der Waals surface area contributed by atoms with E-state index in [-0.39, 0.29) is 0 Å². The summed E-state index contributed by atoms with van der Waals surface area (Å²) in [7, 11) is 5.42. The van der Waals surface area contributed by atoms with E-state index < -0.39 is 7.59 Å². The molecule has 0 saturated heterocycles. The van der Waals surface area contributed by atoms with E-state index in [9.17, 15) is 0 Å². The normalized spacial score (nSPS) is 14.9. The predicted molar refractivity (Wildman–Crippen MR) is 83.2 cm³/mol. The summed E-state index contributed by atoms with van der Waals surface area (Å²) >= 11 is 0. The van der Waals surface area contributed by atoms with Crippen LogP contribution in [0, 0.1) is 0 Å². The molecule has 1 aromatic heterocycles. The van der Waals surface area contributed by atoms with Crippen LogP contribution in [0.25, 0.3) is 11.0 Å². The van der Waals surface area contributed by atoms with Crippen molar-refractivity contribution < 1.29 is 8.82 Å². The molecule has 0 radical (unpaired) electrons. The zero-order chi connectivity index (χ0) is 15.9. The van der Waals surface area contributed by atoms with Gasteiger partial charge in [0.25, 0.3) is 0 Å². The van der Waals surface area contributed by atoms with Crippen LogP contribution in [0.15, 0.2) is 24.3 Å². The van der Waals surface area contributed by atoms with E-state index in [1.54, 1.807) is 54.4 Å². The second-order valence-corrected chi connectivity index (χ2v) is 9.56. The van der Waals surface area contributed by atoms with Gasteiger partial charge in [0.15, 0.2) is 0 Å². The summed E-state index contributed by atoms with van der Waals surface area (Å²) in [6.07, 6.45) is 0.